The van der Waals surface area contributed by atoms with Crippen molar-refractivity contribution in [2.45, 2.75) is 64.1 Å². The van der Waals surface area contributed by atoms with Crippen LogP contribution in [0.15, 0.2) is 42.6 Å². The van der Waals surface area contributed by atoms with Gasteiger partial charge in [-0.15, -0.1) is 0 Å². The Morgan fingerprint density at radius 3 is 2.05 bits per heavy atom. The van der Waals surface area contributed by atoms with Crippen LogP contribution in [0.1, 0.15) is 63.0 Å². The van der Waals surface area contributed by atoms with Gasteiger partial charge >= 0.3 is 18.4 Å². The predicted octanol–water partition coefficient (Wildman–Crippen LogP) is 6.13. The van der Waals surface area contributed by atoms with E-state index in [1.54, 1.807) is 27.7 Å². The summed E-state index contributed by atoms with van der Waals surface area (Å²) < 4.78 is 80.5. The van der Waals surface area contributed by atoms with Crippen molar-refractivity contribution in [3.8, 4) is 5.75 Å². The summed E-state index contributed by atoms with van der Waals surface area (Å²) in [5.74, 6) is -0.739. The molecule has 2 amide bonds. The third-order valence-electron chi connectivity index (χ3n) is 5.22. The Hall–Kier alpha value is -3.51. The van der Waals surface area contributed by atoms with Crippen LogP contribution in [0.25, 0.3) is 0 Å². The third-order valence-corrected chi connectivity index (χ3v) is 5.22. The van der Waals surface area contributed by atoms with Crippen LogP contribution in [-0.2, 0) is 11.0 Å². The molecule has 1 aromatic heterocycles. The molecule has 2 aromatic rings. The molecule has 0 aliphatic carbocycles. The Labute approximate surface area is 209 Å². The summed E-state index contributed by atoms with van der Waals surface area (Å²) in [6, 6.07) is 4.69. The molecule has 0 aliphatic rings. The van der Waals surface area contributed by atoms with E-state index < -0.39 is 60.6 Å². The maximum absolute atomic E-state index is 13.0. The summed E-state index contributed by atoms with van der Waals surface area (Å²) in [5.41, 5.74) is -1.43. The predicted molar refractivity (Wildman–Crippen MR) is 121 cm³/mol. The minimum atomic E-state index is -4.59. The quantitative estimate of drug-likeness (QED) is 0.397. The SMILES string of the molecule is C[C@@H](NC(=O)C[C@@H](c1ccc(C(F)(F)F)cc1)N(C(=O)O)C(C)(C)C)c1ccc(OCC(F)(F)F)cn1. The van der Waals surface area contributed by atoms with Gasteiger partial charge in [-0.3, -0.25) is 14.7 Å². The number of benzene rings is 1. The highest BCUT2D eigenvalue weighted by Gasteiger charge is 2.37. The average molecular weight is 535 g/mol. The smallest absolute Gasteiger partial charge is 0.422 e. The van der Waals surface area contributed by atoms with Gasteiger partial charge in [-0.25, -0.2) is 4.79 Å². The second kappa shape index (κ2) is 11.3. The first-order valence-corrected chi connectivity index (χ1v) is 11.0. The number of nitrogens with zero attached hydrogens (tertiary/aromatic N) is 2. The first kappa shape index (κ1) is 29.7. The van der Waals surface area contributed by atoms with Gasteiger partial charge in [0.05, 0.1) is 36.0 Å². The lowest BCUT2D eigenvalue weighted by molar-refractivity contribution is -0.153. The highest BCUT2D eigenvalue weighted by Crippen LogP contribution is 2.34. The van der Waals surface area contributed by atoms with Crippen LogP contribution in [-0.4, -0.2) is 45.3 Å². The van der Waals surface area contributed by atoms with Crippen LogP contribution in [0.5, 0.6) is 5.75 Å². The van der Waals surface area contributed by atoms with Gasteiger partial charge in [0.1, 0.15) is 5.75 Å². The van der Waals surface area contributed by atoms with Crippen LogP contribution in [0.3, 0.4) is 0 Å². The number of nitrogens with one attached hydrogen (secondary N) is 1. The molecule has 2 rings (SSSR count). The fourth-order valence-electron chi connectivity index (χ4n) is 3.59. The molecule has 0 saturated heterocycles. The molecule has 0 spiro atoms. The van der Waals surface area contributed by atoms with Gasteiger partial charge in [0.25, 0.3) is 0 Å². The Morgan fingerprint density at radius 1 is 1.03 bits per heavy atom. The minimum Gasteiger partial charge on any atom is -0.483 e. The van der Waals surface area contributed by atoms with E-state index in [-0.39, 0.29) is 11.3 Å². The van der Waals surface area contributed by atoms with E-state index in [2.05, 4.69) is 15.0 Å². The number of carbonyl (C=O) groups is 2. The van der Waals surface area contributed by atoms with Crippen molar-refractivity contribution in [1.29, 1.82) is 0 Å². The van der Waals surface area contributed by atoms with Crippen molar-refractivity contribution < 1.29 is 45.8 Å². The van der Waals surface area contributed by atoms with Crippen LogP contribution >= 0.6 is 0 Å². The lowest BCUT2D eigenvalue weighted by Gasteiger charge is -2.40. The molecule has 0 saturated carbocycles. The number of aromatic nitrogens is 1. The summed E-state index contributed by atoms with van der Waals surface area (Å²) in [6.07, 6.45) is -9.81. The van der Waals surface area contributed by atoms with Gasteiger partial charge in [-0.1, -0.05) is 12.1 Å². The van der Waals surface area contributed by atoms with Crippen LogP contribution in [0, 0.1) is 0 Å². The number of hydrogen-bond donors (Lipinski definition) is 2. The number of alkyl halides is 6. The summed E-state index contributed by atoms with van der Waals surface area (Å²) >= 11 is 0. The molecular weight excluding hydrogens is 508 g/mol. The highest BCUT2D eigenvalue weighted by atomic mass is 19.4. The molecule has 2 atom stereocenters. The van der Waals surface area contributed by atoms with E-state index in [0.29, 0.717) is 5.69 Å². The number of amides is 2. The number of ether oxygens (including phenoxy) is 1. The zero-order valence-electron chi connectivity index (χ0n) is 20.4. The molecule has 37 heavy (non-hydrogen) atoms. The minimum absolute atomic E-state index is 0.121. The van der Waals surface area contributed by atoms with Crippen molar-refractivity contribution in [3.05, 3.63) is 59.4 Å². The monoisotopic (exact) mass is 535 g/mol. The maximum atomic E-state index is 13.0. The van der Waals surface area contributed by atoms with Gasteiger partial charge < -0.3 is 15.2 Å². The van der Waals surface area contributed by atoms with E-state index in [9.17, 15) is 41.0 Å². The molecule has 2 N–H and O–H groups in total. The number of pyridine rings is 1. The van der Waals surface area contributed by atoms with Crippen LogP contribution < -0.4 is 10.1 Å². The Bertz CT molecular complexity index is 1060. The maximum Gasteiger partial charge on any atom is 0.422 e. The van der Waals surface area contributed by atoms with Gasteiger partial charge in [0.15, 0.2) is 6.61 Å². The molecule has 0 aliphatic heterocycles. The zero-order valence-corrected chi connectivity index (χ0v) is 20.4. The summed E-state index contributed by atoms with van der Waals surface area (Å²) in [4.78, 5) is 29.9. The molecular formula is C24H27F6N3O4. The molecule has 0 fully saturated rings. The lowest BCUT2D eigenvalue weighted by Crippen LogP contribution is -2.48. The fourth-order valence-corrected chi connectivity index (χ4v) is 3.59. The van der Waals surface area contributed by atoms with Crippen molar-refractivity contribution in [2.24, 2.45) is 0 Å². The average Bonchev–Trinajstić information content (AvgIpc) is 2.75. The molecule has 1 aromatic carbocycles. The van der Waals surface area contributed by atoms with E-state index in [1.807, 2.05) is 0 Å². The highest BCUT2D eigenvalue weighted by molar-refractivity contribution is 5.78. The van der Waals surface area contributed by atoms with Gasteiger partial charge in [0.2, 0.25) is 5.91 Å². The summed E-state index contributed by atoms with van der Waals surface area (Å²) in [5, 5.41) is 12.5. The summed E-state index contributed by atoms with van der Waals surface area (Å²) in [7, 11) is 0. The van der Waals surface area contributed by atoms with E-state index >= 15 is 0 Å². The Morgan fingerprint density at radius 2 is 1.62 bits per heavy atom. The van der Waals surface area contributed by atoms with Gasteiger partial charge in [0, 0.05) is 5.54 Å². The molecule has 0 bridgehead atoms. The second-order valence-corrected chi connectivity index (χ2v) is 9.27. The number of halogens is 6. The molecule has 1 heterocycles. The molecule has 0 unspecified atom stereocenters. The second-order valence-electron chi connectivity index (χ2n) is 9.27. The molecule has 0 radical (unpaired) electrons. The van der Waals surface area contributed by atoms with Crippen molar-refractivity contribution in [1.82, 2.24) is 15.2 Å². The van der Waals surface area contributed by atoms with Crippen molar-refractivity contribution in [2.75, 3.05) is 6.61 Å². The number of hydrogen-bond acceptors (Lipinski definition) is 4. The zero-order chi connectivity index (χ0) is 28.2. The number of carboxylic acid groups (broad SMARTS) is 1. The Balaban J connectivity index is 2.22. The first-order chi connectivity index (χ1) is 16.9. The first-order valence-electron chi connectivity index (χ1n) is 11.0. The number of carbonyl (C=O) groups excluding carboxylic acids is 1. The van der Waals surface area contributed by atoms with E-state index in [1.165, 1.54) is 12.1 Å². The molecule has 7 nitrogen and oxygen atoms in total. The van der Waals surface area contributed by atoms with Crippen molar-refractivity contribution >= 4 is 12.0 Å². The molecule has 204 valence electrons. The van der Waals surface area contributed by atoms with E-state index in [0.717, 1.165) is 35.4 Å². The van der Waals surface area contributed by atoms with Crippen molar-refractivity contribution in [3.63, 3.8) is 0 Å². The third kappa shape index (κ3) is 8.83. The normalized spacial score (nSPS) is 14.0. The topological polar surface area (TPSA) is 91.8 Å². The van der Waals surface area contributed by atoms with Crippen LogP contribution in [0.2, 0.25) is 0 Å². The van der Waals surface area contributed by atoms with Gasteiger partial charge in [-0.2, -0.15) is 26.3 Å². The lowest BCUT2D eigenvalue weighted by atomic mass is 9.95. The summed E-state index contributed by atoms with van der Waals surface area (Å²) in [6.45, 7) is 4.84. The number of rotatable bonds is 8. The fraction of sp³-hybridized carbons (Fsp3) is 0.458. The van der Waals surface area contributed by atoms with Gasteiger partial charge in [-0.05, 0) is 57.5 Å². The Kier molecular flexibility index (Phi) is 9.04. The standard InChI is InChI=1S/C24H27F6N3O4/c1-14(18-10-9-17(12-31-18)37-13-23(25,26)27)32-20(34)11-19(33(21(35)36)22(2,3)4)15-5-7-16(8-6-15)24(28,29)30/h5-10,12,14,19H,11,13H2,1-4H3,(H,32,34)(H,35,36)/t14-,19+/m1/s1. The largest absolute Gasteiger partial charge is 0.483 e. The van der Waals surface area contributed by atoms with E-state index in [4.69, 9.17) is 0 Å². The molecule has 13 heteroatoms. The van der Waals surface area contributed by atoms with Crippen LogP contribution in [0.4, 0.5) is 31.1 Å².